The van der Waals surface area contributed by atoms with Gasteiger partial charge in [0.25, 0.3) is 5.91 Å². The average Bonchev–Trinajstić information content (AvgIpc) is 2.65. The summed E-state index contributed by atoms with van der Waals surface area (Å²) >= 11 is 0. The normalized spacial score (nSPS) is 17.8. The smallest absolute Gasteiger partial charge is 0.251 e. The molecule has 146 valence electrons. The van der Waals surface area contributed by atoms with Gasteiger partial charge in [0, 0.05) is 12.0 Å². The molecule has 6 nitrogen and oxygen atoms in total. The summed E-state index contributed by atoms with van der Waals surface area (Å²) in [5, 5.41) is 2.86. The molecule has 28 heavy (non-hydrogen) atoms. The molecule has 2 aromatic rings. The summed E-state index contributed by atoms with van der Waals surface area (Å²) in [5.41, 5.74) is 7.46. The van der Waals surface area contributed by atoms with Crippen LogP contribution in [0, 0.1) is 5.82 Å². The molecular weight excluding hydrogens is 359 g/mol. The molecule has 0 spiro atoms. The second-order valence-electron chi connectivity index (χ2n) is 6.97. The minimum atomic E-state index is -0.552. The maximum absolute atomic E-state index is 14.1. The Kier molecular flexibility index (Phi) is 5.73. The van der Waals surface area contributed by atoms with E-state index in [1.807, 2.05) is 37.3 Å². The lowest BCUT2D eigenvalue weighted by molar-refractivity contribution is -0.128. The number of aliphatic imine (C=N–C) groups is 1. The first-order valence-electron chi connectivity index (χ1n) is 9.12. The molecule has 2 amide bonds. The number of nitrogens with two attached hydrogens (primary N) is 1. The number of guanidine groups is 1. The van der Waals surface area contributed by atoms with E-state index in [1.165, 1.54) is 17.0 Å². The monoisotopic (exact) mass is 382 g/mol. The zero-order valence-corrected chi connectivity index (χ0v) is 15.9. The molecule has 2 unspecified atom stereocenters. The number of carbonyl (C=O) groups is 2. The van der Waals surface area contributed by atoms with Crippen LogP contribution in [0.3, 0.4) is 0 Å². The van der Waals surface area contributed by atoms with Gasteiger partial charge in [0.15, 0.2) is 5.96 Å². The first-order valence-corrected chi connectivity index (χ1v) is 9.12. The van der Waals surface area contributed by atoms with E-state index in [0.717, 1.165) is 5.56 Å². The number of benzene rings is 2. The van der Waals surface area contributed by atoms with Crippen molar-refractivity contribution in [3.05, 3.63) is 71.0 Å². The molecule has 0 aromatic heterocycles. The lowest BCUT2D eigenvalue weighted by Gasteiger charge is -2.27. The summed E-state index contributed by atoms with van der Waals surface area (Å²) in [6, 6.07) is 13.1. The SMILES string of the molecule is CC1CC(=O)N(Cc2cc(F)cc(C(=O)NC(C)c3ccccc3)c2)C(N)=N1. The fourth-order valence-corrected chi connectivity index (χ4v) is 3.16. The van der Waals surface area contributed by atoms with Gasteiger partial charge in [0.2, 0.25) is 5.91 Å². The first-order chi connectivity index (χ1) is 13.3. The van der Waals surface area contributed by atoms with E-state index >= 15 is 0 Å². The molecular formula is C21H23FN4O2. The van der Waals surface area contributed by atoms with Crippen LogP contribution in [-0.2, 0) is 11.3 Å². The Labute approximate surface area is 163 Å². The van der Waals surface area contributed by atoms with Gasteiger partial charge < -0.3 is 11.1 Å². The average molecular weight is 382 g/mol. The maximum atomic E-state index is 14.1. The van der Waals surface area contributed by atoms with E-state index in [-0.39, 0.29) is 42.5 Å². The van der Waals surface area contributed by atoms with Crippen molar-refractivity contribution in [2.45, 2.75) is 38.9 Å². The highest BCUT2D eigenvalue weighted by atomic mass is 19.1. The summed E-state index contributed by atoms with van der Waals surface area (Å²) in [4.78, 5) is 30.3. The standard InChI is InChI=1S/C21H23FN4O2/c1-13-8-19(27)26(21(23)24-13)12-15-9-17(11-18(22)10-15)20(28)25-14(2)16-6-4-3-5-7-16/h3-7,9-11,13-14H,8,12H2,1-2H3,(H2,23,24)(H,25,28). The Morgan fingerprint density at radius 1 is 1.32 bits per heavy atom. The Morgan fingerprint density at radius 3 is 2.71 bits per heavy atom. The van der Waals surface area contributed by atoms with Crippen LogP contribution in [0.4, 0.5) is 4.39 Å². The summed E-state index contributed by atoms with van der Waals surface area (Å²) in [6.07, 6.45) is 0.248. The third-order valence-corrected chi connectivity index (χ3v) is 4.61. The Morgan fingerprint density at radius 2 is 2.04 bits per heavy atom. The molecule has 1 heterocycles. The van der Waals surface area contributed by atoms with Crippen molar-refractivity contribution in [3.8, 4) is 0 Å². The van der Waals surface area contributed by atoms with Gasteiger partial charge in [-0.25, -0.2) is 9.38 Å². The quantitative estimate of drug-likeness (QED) is 0.833. The van der Waals surface area contributed by atoms with Crippen molar-refractivity contribution in [3.63, 3.8) is 0 Å². The van der Waals surface area contributed by atoms with Gasteiger partial charge in [-0.3, -0.25) is 14.5 Å². The van der Waals surface area contributed by atoms with Gasteiger partial charge >= 0.3 is 0 Å². The molecule has 1 aliphatic heterocycles. The molecule has 0 bridgehead atoms. The molecule has 2 aromatic carbocycles. The van der Waals surface area contributed by atoms with E-state index in [0.29, 0.717) is 5.56 Å². The number of nitrogens with zero attached hydrogens (tertiary/aromatic N) is 2. The minimum absolute atomic E-state index is 0.0627. The van der Waals surface area contributed by atoms with Crippen molar-refractivity contribution in [1.82, 2.24) is 10.2 Å². The summed E-state index contributed by atoms with van der Waals surface area (Å²) in [7, 11) is 0. The number of hydrogen-bond acceptors (Lipinski definition) is 4. The topological polar surface area (TPSA) is 87.8 Å². The van der Waals surface area contributed by atoms with Crippen LogP contribution in [0.1, 0.15) is 47.8 Å². The third-order valence-electron chi connectivity index (χ3n) is 4.61. The largest absolute Gasteiger partial charge is 0.369 e. The molecule has 3 N–H and O–H groups in total. The van der Waals surface area contributed by atoms with Crippen LogP contribution in [-0.4, -0.2) is 28.7 Å². The van der Waals surface area contributed by atoms with Gasteiger partial charge in [-0.05, 0) is 43.2 Å². The third kappa shape index (κ3) is 4.54. The van der Waals surface area contributed by atoms with Crippen LogP contribution in [0.5, 0.6) is 0 Å². The van der Waals surface area contributed by atoms with E-state index in [4.69, 9.17) is 5.73 Å². The maximum Gasteiger partial charge on any atom is 0.251 e. The minimum Gasteiger partial charge on any atom is -0.369 e. The lowest BCUT2D eigenvalue weighted by atomic mass is 10.1. The van der Waals surface area contributed by atoms with Gasteiger partial charge in [0.05, 0.1) is 18.6 Å². The number of amides is 2. The van der Waals surface area contributed by atoms with Crippen molar-refractivity contribution in [2.75, 3.05) is 0 Å². The predicted molar refractivity (Wildman–Crippen MR) is 105 cm³/mol. The highest BCUT2D eigenvalue weighted by Gasteiger charge is 2.25. The molecule has 0 fully saturated rings. The van der Waals surface area contributed by atoms with Gasteiger partial charge in [0.1, 0.15) is 5.82 Å². The molecule has 0 saturated heterocycles. The van der Waals surface area contributed by atoms with Crippen LogP contribution < -0.4 is 11.1 Å². The molecule has 0 radical (unpaired) electrons. The zero-order valence-electron chi connectivity index (χ0n) is 15.9. The number of hydrogen-bond donors (Lipinski definition) is 2. The van der Waals surface area contributed by atoms with Crippen molar-refractivity contribution in [1.29, 1.82) is 0 Å². The van der Waals surface area contributed by atoms with Gasteiger partial charge in [-0.1, -0.05) is 30.3 Å². The van der Waals surface area contributed by atoms with Gasteiger partial charge in [-0.15, -0.1) is 0 Å². The predicted octanol–water partition coefficient (Wildman–Crippen LogP) is 2.75. The lowest BCUT2D eigenvalue weighted by Crippen LogP contribution is -2.46. The van der Waals surface area contributed by atoms with Crippen molar-refractivity contribution < 1.29 is 14.0 Å². The Balaban J connectivity index is 1.77. The van der Waals surface area contributed by atoms with Crippen LogP contribution >= 0.6 is 0 Å². The fraction of sp³-hybridized carbons (Fsp3) is 0.286. The van der Waals surface area contributed by atoms with E-state index < -0.39 is 11.7 Å². The van der Waals surface area contributed by atoms with Crippen LogP contribution in [0.15, 0.2) is 53.5 Å². The van der Waals surface area contributed by atoms with Crippen LogP contribution in [0.25, 0.3) is 0 Å². The van der Waals surface area contributed by atoms with E-state index in [1.54, 1.807) is 13.0 Å². The molecule has 0 aliphatic carbocycles. The Bertz CT molecular complexity index is 914. The Hall–Kier alpha value is -3.22. The highest BCUT2D eigenvalue weighted by molar-refractivity contribution is 5.98. The molecule has 2 atom stereocenters. The van der Waals surface area contributed by atoms with E-state index in [9.17, 15) is 14.0 Å². The fourth-order valence-electron chi connectivity index (χ4n) is 3.16. The number of carbonyl (C=O) groups excluding carboxylic acids is 2. The molecule has 1 aliphatic rings. The zero-order chi connectivity index (χ0) is 20.3. The summed E-state index contributed by atoms with van der Waals surface area (Å²) in [5.74, 6) is -1.01. The highest BCUT2D eigenvalue weighted by Crippen LogP contribution is 2.17. The second kappa shape index (κ2) is 8.21. The van der Waals surface area contributed by atoms with Crippen molar-refractivity contribution in [2.24, 2.45) is 10.7 Å². The van der Waals surface area contributed by atoms with Crippen molar-refractivity contribution >= 4 is 17.8 Å². The second-order valence-corrected chi connectivity index (χ2v) is 6.97. The molecule has 3 rings (SSSR count). The molecule has 7 heteroatoms. The van der Waals surface area contributed by atoms with E-state index in [2.05, 4.69) is 10.3 Å². The number of rotatable bonds is 5. The summed E-state index contributed by atoms with van der Waals surface area (Å²) in [6.45, 7) is 3.73. The molecule has 0 saturated carbocycles. The number of halogens is 1. The summed E-state index contributed by atoms with van der Waals surface area (Å²) < 4.78 is 14.1. The van der Waals surface area contributed by atoms with Crippen LogP contribution in [0.2, 0.25) is 0 Å². The van der Waals surface area contributed by atoms with Gasteiger partial charge in [-0.2, -0.15) is 0 Å². The first kappa shape index (κ1) is 19.5. The number of nitrogens with one attached hydrogen (secondary N) is 1.